The van der Waals surface area contributed by atoms with E-state index in [4.69, 9.17) is 0 Å². The van der Waals surface area contributed by atoms with Crippen LogP contribution in [-0.4, -0.2) is 14.3 Å². The fraction of sp³-hybridized carbons (Fsp3) is 0.0500. The first-order chi connectivity index (χ1) is 13.8. The third-order valence-electron chi connectivity index (χ3n) is 4.00. The van der Waals surface area contributed by atoms with Crippen molar-refractivity contribution < 1.29 is 26.4 Å². The van der Waals surface area contributed by atoms with Crippen molar-refractivity contribution in [3.63, 3.8) is 0 Å². The van der Waals surface area contributed by atoms with E-state index in [-0.39, 0.29) is 17.8 Å². The van der Waals surface area contributed by atoms with E-state index in [9.17, 15) is 26.4 Å². The minimum Gasteiger partial charge on any atom is -0.348 e. The molecule has 5 nitrogen and oxygen atoms in total. The van der Waals surface area contributed by atoms with Crippen molar-refractivity contribution >= 4 is 21.6 Å². The molecule has 3 aromatic carbocycles. The lowest BCUT2D eigenvalue weighted by molar-refractivity contribution is 0.0950. The van der Waals surface area contributed by atoms with Gasteiger partial charge in [-0.1, -0.05) is 18.2 Å². The Morgan fingerprint density at radius 3 is 2.17 bits per heavy atom. The third kappa shape index (κ3) is 4.94. The van der Waals surface area contributed by atoms with Gasteiger partial charge in [-0.05, 0) is 48.5 Å². The zero-order valence-corrected chi connectivity index (χ0v) is 15.6. The molecule has 0 bridgehead atoms. The van der Waals surface area contributed by atoms with Crippen molar-refractivity contribution in [2.24, 2.45) is 0 Å². The SMILES string of the molecule is O=C(NCc1ccccc1F)c1ccc(NS(=O)(=O)c2ccc(F)c(F)c2)cc1. The standard InChI is InChI=1S/C20H15F3N2O3S/c21-17-4-2-1-3-14(17)12-24-20(26)13-5-7-15(8-6-13)25-29(27,28)16-9-10-18(22)19(23)11-16/h1-11,25H,12H2,(H,24,26). The van der Waals surface area contributed by atoms with E-state index < -0.39 is 38.3 Å². The van der Waals surface area contributed by atoms with Crippen LogP contribution in [0, 0.1) is 17.5 Å². The van der Waals surface area contributed by atoms with Gasteiger partial charge in [0, 0.05) is 23.4 Å². The number of halogens is 3. The highest BCUT2D eigenvalue weighted by atomic mass is 32.2. The van der Waals surface area contributed by atoms with Crippen LogP contribution in [0.3, 0.4) is 0 Å². The van der Waals surface area contributed by atoms with E-state index in [1.54, 1.807) is 18.2 Å². The number of sulfonamides is 1. The van der Waals surface area contributed by atoms with Crippen molar-refractivity contribution in [3.05, 3.63) is 95.3 Å². The maximum atomic E-state index is 13.6. The van der Waals surface area contributed by atoms with Gasteiger partial charge in [-0.2, -0.15) is 0 Å². The first kappa shape index (κ1) is 20.4. The predicted molar refractivity (Wildman–Crippen MR) is 101 cm³/mol. The lowest BCUT2D eigenvalue weighted by Gasteiger charge is -2.10. The molecule has 0 aliphatic heterocycles. The molecule has 3 aromatic rings. The topological polar surface area (TPSA) is 75.3 Å². The Bertz CT molecular complexity index is 1150. The van der Waals surface area contributed by atoms with Gasteiger partial charge in [0.25, 0.3) is 15.9 Å². The van der Waals surface area contributed by atoms with Gasteiger partial charge in [0.2, 0.25) is 0 Å². The summed E-state index contributed by atoms with van der Waals surface area (Å²) in [5, 5.41) is 2.57. The molecule has 29 heavy (non-hydrogen) atoms. The average molecular weight is 420 g/mol. The highest BCUT2D eigenvalue weighted by molar-refractivity contribution is 7.92. The van der Waals surface area contributed by atoms with Crippen LogP contribution in [0.1, 0.15) is 15.9 Å². The van der Waals surface area contributed by atoms with Gasteiger partial charge in [-0.25, -0.2) is 21.6 Å². The molecule has 150 valence electrons. The molecule has 0 aromatic heterocycles. The van der Waals surface area contributed by atoms with Crippen LogP contribution in [0.25, 0.3) is 0 Å². The molecule has 9 heteroatoms. The molecule has 0 spiro atoms. The molecule has 0 radical (unpaired) electrons. The van der Waals surface area contributed by atoms with Gasteiger partial charge in [0.05, 0.1) is 4.90 Å². The first-order valence-electron chi connectivity index (χ1n) is 8.36. The minimum absolute atomic E-state index is 0.00395. The lowest BCUT2D eigenvalue weighted by atomic mass is 10.1. The monoisotopic (exact) mass is 420 g/mol. The highest BCUT2D eigenvalue weighted by Gasteiger charge is 2.17. The van der Waals surface area contributed by atoms with Crippen LogP contribution < -0.4 is 10.0 Å². The minimum atomic E-state index is -4.14. The van der Waals surface area contributed by atoms with Crippen LogP contribution in [0.15, 0.2) is 71.6 Å². The van der Waals surface area contributed by atoms with E-state index >= 15 is 0 Å². The van der Waals surface area contributed by atoms with Gasteiger partial charge in [-0.15, -0.1) is 0 Å². The first-order valence-corrected chi connectivity index (χ1v) is 9.84. The zero-order valence-electron chi connectivity index (χ0n) is 14.8. The van der Waals surface area contributed by atoms with Crippen LogP contribution in [0.4, 0.5) is 18.9 Å². The van der Waals surface area contributed by atoms with Crippen molar-refractivity contribution in [1.82, 2.24) is 5.32 Å². The van der Waals surface area contributed by atoms with E-state index in [1.807, 2.05) is 0 Å². The van der Waals surface area contributed by atoms with Gasteiger partial charge >= 0.3 is 0 Å². The highest BCUT2D eigenvalue weighted by Crippen LogP contribution is 2.19. The summed E-state index contributed by atoms with van der Waals surface area (Å²) in [6.07, 6.45) is 0. The second-order valence-corrected chi connectivity index (χ2v) is 7.72. The summed E-state index contributed by atoms with van der Waals surface area (Å²) in [6.45, 7) is -0.00395. The van der Waals surface area contributed by atoms with Crippen LogP contribution in [0.5, 0.6) is 0 Å². The fourth-order valence-corrected chi connectivity index (χ4v) is 3.54. The average Bonchev–Trinajstić information content (AvgIpc) is 2.69. The second-order valence-electron chi connectivity index (χ2n) is 6.03. The van der Waals surface area contributed by atoms with Crippen LogP contribution in [0.2, 0.25) is 0 Å². The molecule has 0 saturated heterocycles. The summed E-state index contributed by atoms with van der Waals surface area (Å²) in [4.78, 5) is 11.7. The van der Waals surface area contributed by atoms with E-state index in [2.05, 4.69) is 10.0 Å². The number of nitrogens with one attached hydrogen (secondary N) is 2. The molecule has 1 amide bonds. The molecule has 2 N–H and O–H groups in total. The lowest BCUT2D eigenvalue weighted by Crippen LogP contribution is -2.23. The maximum absolute atomic E-state index is 13.6. The van der Waals surface area contributed by atoms with Crippen molar-refractivity contribution in [2.75, 3.05) is 4.72 Å². The van der Waals surface area contributed by atoms with Crippen LogP contribution >= 0.6 is 0 Å². The van der Waals surface area contributed by atoms with E-state index in [1.165, 1.54) is 30.3 Å². The molecule has 0 saturated carbocycles. The Hall–Kier alpha value is -3.33. The molecule has 0 aliphatic carbocycles. The summed E-state index contributed by atoms with van der Waals surface area (Å²) < 4.78 is 66.6. The summed E-state index contributed by atoms with van der Waals surface area (Å²) in [5.41, 5.74) is 0.689. The molecule has 3 rings (SSSR count). The Morgan fingerprint density at radius 2 is 1.52 bits per heavy atom. The Balaban J connectivity index is 1.67. The number of hydrogen-bond donors (Lipinski definition) is 2. The summed E-state index contributed by atoms with van der Waals surface area (Å²) >= 11 is 0. The number of anilines is 1. The zero-order chi connectivity index (χ0) is 21.0. The summed E-state index contributed by atoms with van der Waals surface area (Å²) in [6, 6.07) is 13.7. The molecule has 0 heterocycles. The number of benzene rings is 3. The smallest absolute Gasteiger partial charge is 0.261 e. The van der Waals surface area contributed by atoms with Gasteiger partial charge in [0.1, 0.15) is 5.82 Å². The fourth-order valence-electron chi connectivity index (χ4n) is 2.47. The number of carbonyl (C=O) groups excluding carboxylic acids is 1. The Labute approximate surface area is 165 Å². The number of rotatable bonds is 6. The van der Waals surface area contributed by atoms with Gasteiger partial charge in [-0.3, -0.25) is 9.52 Å². The third-order valence-corrected chi connectivity index (χ3v) is 5.38. The normalized spacial score (nSPS) is 11.1. The summed E-state index contributed by atoms with van der Waals surface area (Å²) in [7, 11) is -4.14. The van der Waals surface area contributed by atoms with Gasteiger partial charge < -0.3 is 5.32 Å². The largest absolute Gasteiger partial charge is 0.348 e. The number of amides is 1. The molecular formula is C20H15F3N2O3S. The molecule has 0 fully saturated rings. The van der Waals surface area contributed by atoms with Crippen molar-refractivity contribution in [1.29, 1.82) is 0 Å². The molecular weight excluding hydrogens is 405 g/mol. The van der Waals surface area contributed by atoms with Crippen LogP contribution in [-0.2, 0) is 16.6 Å². The predicted octanol–water partition coefficient (Wildman–Crippen LogP) is 3.83. The van der Waals surface area contributed by atoms with E-state index in [0.717, 1.165) is 6.07 Å². The Kier molecular flexibility index (Phi) is 5.88. The quantitative estimate of drug-likeness (QED) is 0.636. The molecule has 0 atom stereocenters. The number of carbonyl (C=O) groups is 1. The Morgan fingerprint density at radius 1 is 0.828 bits per heavy atom. The molecule has 0 aliphatic rings. The van der Waals surface area contributed by atoms with Crippen molar-refractivity contribution in [3.8, 4) is 0 Å². The summed E-state index contributed by atoms with van der Waals surface area (Å²) in [5.74, 6) is -3.34. The van der Waals surface area contributed by atoms with E-state index in [0.29, 0.717) is 17.7 Å². The maximum Gasteiger partial charge on any atom is 0.261 e. The van der Waals surface area contributed by atoms with Gasteiger partial charge in [0.15, 0.2) is 11.6 Å². The second kappa shape index (κ2) is 8.36. The molecule has 0 unspecified atom stereocenters. The van der Waals surface area contributed by atoms with Crippen molar-refractivity contribution in [2.45, 2.75) is 11.4 Å². The number of hydrogen-bond acceptors (Lipinski definition) is 3.